The molecule has 0 heterocycles. The smallest absolute Gasteiger partial charge is 0.462 e. The van der Waals surface area contributed by atoms with Gasteiger partial charge in [-0.1, -0.05) is 324 Å². The van der Waals surface area contributed by atoms with E-state index in [0.717, 1.165) is 95.8 Å². The van der Waals surface area contributed by atoms with E-state index in [9.17, 15) is 43.2 Å². The summed E-state index contributed by atoms with van der Waals surface area (Å²) in [5.41, 5.74) is 0. The van der Waals surface area contributed by atoms with E-state index in [-0.39, 0.29) is 25.7 Å². The molecule has 0 spiro atoms. The fourth-order valence-electron chi connectivity index (χ4n) is 11.0. The fraction of sp³-hybridized carbons (Fsp3) is 0.944. The lowest BCUT2D eigenvalue weighted by Crippen LogP contribution is -2.30. The number of phosphoric ester groups is 2. The molecule has 91 heavy (non-hydrogen) atoms. The van der Waals surface area contributed by atoms with Crippen molar-refractivity contribution in [2.24, 2.45) is 5.92 Å². The minimum Gasteiger partial charge on any atom is -0.462 e. The molecular weight excluding hydrogens is 1200 g/mol. The first-order valence-corrected chi connectivity index (χ1v) is 40.7. The lowest BCUT2D eigenvalue weighted by molar-refractivity contribution is -0.161. The largest absolute Gasteiger partial charge is 0.472 e. The monoisotopic (exact) mass is 1340 g/mol. The average Bonchev–Trinajstić information content (AvgIpc) is 3.67. The normalized spacial score (nSPS) is 14.3. The van der Waals surface area contributed by atoms with Gasteiger partial charge in [0.2, 0.25) is 0 Å². The predicted octanol–water partition coefficient (Wildman–Crippen LogP) is 20.9. The van der Waals surface area contributed by atoms with Gasteiger partial charge in [-0.2, -0.15) is 0 Å². The number of carbonyl (C=O) groups is 4. The molecule has 0 saturated carbocycles. The first-order valence-electron chi connectivity index (χ1n) is 37.7. The van der Waals surface area contributed by atoms with Crippen molar-refractivity contribution >= 4 is 39.5 Å². The van der Waals surface area contributed by atoms with Crippen molar-refractivity contribution in [3.8, 4) is 0 Å². The van der Waals surface area contributed by atoms with Gasteiger partial charge in [0.15, 0.2) is 12.2 Å². The summed E-state index contributed by atoms with van der Waals surface area (Å²) < 4.78 is 68.4. The molecule has 0 saturated heterocycles. The lowest BCUT2D eigenvalue weighted by atomic mass is 9.99. The van der Waals surface area contributed by atoms with Crippen LogP contribution in [0.25, 0.3) is 0 Å². The van der Waals surface area contributed by atoms with Crippen molar-refractivity contribution in [2.75, 3.05) is 39.6 Å². The van der Waals surface area contributed by atoms with E-state index in [4.69, 9.17) is 37.0 Å². The summed E-state index contributed by atoms with van der Waals surface area (Å²) in [6.45, 7) is 7.29. The van der Waals surface area contributed by atoms with E-state index in [0.29, 0.717) is 25.7 Å². The molecule has 540 valence electrons. The van der Waals surface area contributed by atoms with Crippen LogP contribution in [0.5, 0.6) is 0 Å². The maximum absolute atomic E-state index is 13.0. The zero-order chi connectivity index (χ0) is 67.0. The van der Waals surface area contributed by atoms with E-state index in [1.807, 2.05) is 0 Å². The molecule has 3 N–H and O–H groups in total. The van der Waals surface area contributed by atoms with E-state index in [1.54, 1.807) is 0 Å². The van der Waals surface area contributed by atoms with E-state index < -0.39 is 97.5 Å². The van der Waals surface area contributed by atoms with Crippen molar-refractivity contribution < 1.29 is 80.2 Å². The lowest BCUT2D eigenvalue weighted by Gasteiger charge is -2.21. The molecule has 0 aromatic carbocycles. The Bertz CT molecular complexity index is 1760. The summed E-state index contributed by atoms with van der Waals surface area (Å²) in [5, 5.41) is 10.6. The van der Waals surface area contributed by atoms with Crippen LogP contribution in [0.4, 0.5) is 0 Å². The number of hydrogen-bond acceptors (Lipinski definition) is 15. The van der Waals surface area contributed by atoms with Crippen molar-refractivity contribution in [1.82, 2.24) is 0 Å². The van der Waals surface area contributed by atoms with Gasteiger partial charge in [0.05, 0.1) is 26.4 Å². The minimum absolute atomic E-state index is 0.107. The van der Waals surface area contributed by atoms with Crippen LogP contribution in [0.3, 0.4) is 0 Å². The Labute approximate surface area is 556 Å². The van der Waals surface area contributed by atoms with Gasteiger partial charge in [0.25, 0.3) is 0 Å². The minimum atomic E-state index is -4.95. The van der Waals surface area contributed by atoms with Gasteiger partial charge >= 0.3 is 39.5 Å². The number of phosphoric acid groups is 2. The molecule has 0 fully saturated rings. The third-order valence-electron chi connectivity index (χ3n) is 17.1. The highest BCUT2D eigenvalue weighted by Crippen LogP contribution is 2.45. The SMILES string of the molecule is CCCCCCCCCCCCCCCCCCC(=O)O[C@H](COC(=O)CCCCCCCCCCCCC(C)CC)COP(=O)(O)OC[C@@H](O)COP(=O)(O)OC[C@@H](COC(=O)CCCCCCCCCCCC)OC(=O)CCCCCCCCCCCCC. The van der Waals surface area contributed by atoms with Crippen LogP contribution in [-0.4, -0.2) is 96.7 Å². The number of aliphatic hydroxyl groups is 1. The zero-order valence-electron chi connectivity index (χ0n) is 59.0. The summed E-state index contributed by atoms with van der Waals surface area (Å²) >= 11 is 0. The second kappa shape index (κ2) is 65.4. The van der Waals surface area contributed by atoms with Crippen LogP contribution >= 0.6 is 15.6 Å². The van der Waals surface area contributed by atoms with Gasteiger partial charge in [-0.05, 0) is 31.6 Å². The number of aliphatic hydroxyl groups excluding tert-OH is 1. The second-order valence-electron chi connectivity index (χ2n) is 26.2. The highest BCUT2D eigenvalue weighted by Gasteiger charge is 2.30. The molecule has 6 atom stereocenters. The maximum atomic E-state index is 13.0. The van der Waals surface area contributed by atoms with E-state index in [2.05, 4.69) is 34.6 Å². The molecule has 0 aliphatic heterocycles. The molecule has 0 radical (unpaired) electrons. The molecule has 0 aliphatic rings. The highest BCUT2D eigenvalue weighted by atomic mass is 31.2. The van der Waals surface area contributed by atoms with Gasteiger partial charge in [-0.3, -0.25) is 37.3 Å². The molecular formula is C72H140O17P2. The second-order valence-corrected chi connectivity index (χ2v) is 29.1. The number of rotatable bonds is 72. The van der Waals surface area contributed by atoms with Gasteiger partial charge in [0, 0.05) is 25.7 Å². The third-order valence-corrected chi connectivity index (χ3v) is 19.0. The third kappa shape index (κ3) is 65.1. The Kier molecular flexibility index (Phi) is 64.0. The Morgan fingerprint density at radius 2 is 0.527 bits per heavy atom. The molecule has 0 amide bonds. The average molecular weight is 1340 g/mol. The van der Waals surface area contributed by atoms with Gasteiger partial charge < -0.3 is 33.8 Å². The van der Waals surface area contributed by atoms with Crippen molar-refractivity contribution in [2.45, 2.75) is 393 Å². The van der Waals surface area contributed by atoms with Crippen LogP contribution in [0.1, 0.15) is 375 Å². The summed E-state index contributed by atoms with van der Waals surface area (Å²) in [6.07, 6.45) is 52.5. The molecule has 0 aromatic heterocycles. The first kappa shape index (κ1) is 89.1. The Balaban J connectivity index is 5.24. The Hall–Kier alpha value is -1.94. The molecule has 0 bridgehead atoms. The summed E-state index contributed by atoms with van der Waals surface area (Å²) in [4.78, 5) is 72.6. The zero-order valence-corrected chi connectivity index (χ0v) is 60.8. The van der Waals surface area contributed by atoms with Crippen molar-refractivity contribution in [3.63, 3.8) is 0 Å². The Morgan fingerprint density at radius 3 is 0.780 bits per heavy atom. The molecule has 0 rings (SSSR count). The summed E-state index contributed by atoms with van der Waals surface area (Å²) in [6, 6.07) is 0. The molecule has 0 aromatic rings. The molecule has 3 unspecified atom stereocenters. The summed E-state index contributed by atoms with van der Waals surface area (Å²) in [5.74, 6) is -1.31. The van der Waals surface area contributed by atoms with Gasteiger partial charge in [-0.15, -0.1) is 0 Å². The van der Waals surface area contributed by atoms with Gasteiger partial charge in [-0.25, -0.2) is 9.13 Å². The van der Waals surface area contributed by atoms with Crippen LogP contribution in [0.15, 0.2) is 0 Å². The van der Waals surface area contributed by atoms with Crippen molar-refractivity contribution in [1.29, 1.82) is 0 Å². The van der Waals surface area contributed by atoms with Crippen LogP contribution in [0.2, 0.25) is 0 Å². The number of carbonyl (C=O) groups excluding carboxylic acids is 4. The van der Waals surface area contributed by atoms with Crippen LogP contribution in [-0.2, 0) is 65.4 Å². The molecule has 19 heteroatoms. The number of unbranched alkanes of at least 4 members (excludes halogenated alkanes) is 43. The summed E-state index contributed by atoms with van der Waals surface area (Å²) in [7, 11) is -9.90. The highest BCUT2D eigenvalue weighted by molar-refractivity contribution is 7.47. The fourth-order valence-corrected chi connectivity index (χ4v) is 12.5. The van der Waals surface area contributed by atoms with Crippen LogP contribution < -0.4 is 0 Å². The van der Waals surface area contributed by atoms with Crippen molar-refractivity contribution in [3.05, 3.63) is 0 Å². The maximum Gasteiger partial charge on any atom is 0.472 e. The van der Waals surface area contributed by atoms with Gasteiger partial charge in [0.1, 0.15) is 19.3 Å². The molecule has 17 nitrogen and oxygen atoms in total. The first-order chi connectivity index (χ1) is 44.1. The number of ether oxygens (including phenoxy) is 4. The Morgan fingerprint density at radius 1 is 0.308 bits per heavy atom. The van der Waals surface area contributed by atoms with Crippen LogP contribution in [0, 0.1) is 5.92 Å². The number of hydrogen-bond donors (Lipinski definition) is 3. The van der Waals surface area contributed by atoms with E-state index in [1.165, 1.54) is 199 Å². The standard InChI is InChI=1S/C72H140O17P2/c1-6-10-13-16-19-22-25-26-27-28-29-31-38-43-48-53-58-72(77)89-68(62-83-70(75)56-51-46-41-36-33-32-34-39-44-49-54-65(5)9-4)64-87-91(80,81)85-60-66(73)59-84-90(78,79)86-63-67(61-82-69(74)55-50-45-40-35-24-21-18-15-12-8-3)88-71(76)57-52-47-42-37-30-23-20-17-14-11-7-2/h65-68,73H,6-64H2,1-5H3,(H,78,79)(H,80,81)/t65?,66-,67+,68+/m0/s1. The topological polar surface area (TPSA) is 237 Å². The molecule has 0 aliphatic carbocycles. The van der Waals surface area contributed by atoms with E-state index >= 15 is 0 Å². The quantitative estimate of drug-likeness (QED) is 0.0222. The number of esters is 4. The predicted molar refractivity (Wildman–Crippen MR) is 368 cm³/mol.